The van der Waals surface area contributed by atoms with Crippen LogP contribution in [0.15, 0.2) is 97.1 Å². The highest BCUT2D eigenvalue weighted by atomic mass is 35.5. The van der Waals surface area contributed by atoms with Crippen molar-refractivity contribution in [1.82, 2.24) is 9.80 Å². The second-order valence-electron chi connectivity index (χ2n) is 21.8. The molecule has 0 saturated heterocycles. The Morgan fingerprint density at radius 3 is 1.36 bits per heavy atom. The number of rotatable bonds is 2. The number of aryl methyl sites for hydroxylation is 2. The van der Waals surface area contributed by atoms with Gasteiger partial charge in [-0.25, -0.2) is 9.59 Å². The molecule has 14 nitrogen and oxygen atoms in total. The molecule has 2 spiro atoms. The molecule has 10 rings (SSSR count). The summed E-state index contributed by atoms with van der Waals surface area (Å²) in [5.41, 5.74) is 1.71. The first kappa shape index (κ1) is 54.7. The lowest BCUT2D eigenvalue weighted by atomic mass is 9.70. The summed E-state index contributed by atoms with van der Waals surface area (Å²) >= 11 is 12.7. The Bertz CT molecular complexity index is 2720. The molecule has 4 heterocycles. The van der Waals surface area contributed by atoms with Gasteiger partial charge in [-0.15, -0.1) is 0 Å². The normalized spacial score (nSPS) is 27.0. The van der Waals surface area contributed by atoms with Gasteiger partial charge >= 0.3 is 11.9 Å². The van der Waals surface area contributed by atoms with Gasteiger partial charge in [-0.05, 0) is 159 Å². The number of carbonyl (C=O) groups is 4. The summed E-state index contributed by atoms with van der Waals surface area (Å²) in [4.78, 5) is 58.0. The topological polar surface area (TPSA) is 181 Å². The van der Waals surface area contributed by atoms with Gasteiger partial charge in [0.25, 0.3) is 0 Å². The van der Waals surface area contributed by atoms with Crippen molar-refractivity contribution in [2.24, 2.45) is 0 Å². The Kier molecular flexibility index (Phi) is 16.5. The van der Waals surface area contributed by atoms with Gasteiger partial charge < -0.3 is 49.5 Å². The molecule has 4 atom stereocenters. The van der Waals surface area contributed by atoms with Crippen LogP contribution >= 0.6 is 23.2 Å². The van der Waals surface area contributed by atoms with Crippen LogP contribution in [0.5, 0.6) is 11.5 Å². The number of carboxylic acids is 2. The van der Waals surface area contributed by atoms with Crippen LogP contribution in [0, 0.1) is 0 Å². The number of fused-ring (bicyclic) bond motifs is 6. The average Bonchev–Trinajstić information content (AvgIpc) is 3.65. The third-order valence-electron chi connectivity index (χ3n) is 16.6. The van der Waals surface area contributed by atoms with E-state index >= 15 is 0 Å². The number of aliphatic hydroxyl groups is 2. The molecule has 0 fully saturated rings. The van der Waals surface area contributed by atoms with Gasteiger partial charge in [0, 0.05) is 74.2 Å². The predicted molar refractivity (Wildman–Crippen MR) is 294 cm³/mol. The molecule has 4 aliphatic heterocycles. The molecule has 2 aliphatic carbocycles. The Balaban J connectivity index is 0.000000186. The minimum absolute atomic E-state index is 0.180. The molecule has 2 amide bonds. The number of aliphatic carboxylic acids is 2. The molecule has 4 bridgehead atoms. The number of allylic oxidation sites excluding steroid dienone is 2. The van der Waals surface area contributed by atoms with E-state index < -0.39 is 47.8 Å². The molecule has 16 heteroatoms. The standard InChI is InChI=1S/2C30H35ClN2O5/c2*1-32-14-5-3-2-4-6-15-33-19-29(13-7-8-21-16-23(31)10-11-24(21)29)20-38-26-12-9-22(17-25(26)33)30(37,28(35)36)18-27(32)34/h2*2-3,9-12,16-17,37H,4-8,13-15,18-20H2,1H3,(H,35,36)/b2*3-2+/t29-,30+;29-,30-/m00/s1. The minimum atomic E-state index is -2.35. The van der Waals surface area contributed by atoms with Gasteiger partial charge in [-0.2, -0.15) is 0 Å². The van der Waals surface area contributed by atoms with E-state index in [1.165, 1.54) is 32.1 Å². The van der Waals surface area contributed by atoms with Crippen molar-refractivity contribution in [3.63, 3.8) is 0 Å². The molecule has 0 radical (unpaired) electrons. The number of amides is 2. The third kappa shape index (κ3) is 11.3. The Morgan fingerprint density at radius 2 is 0.947 bits per heavy atom. The highest BCUT2D eigenvalue weighted by molar-refractivity contribution is 6.31. The molecule has 6 aliphatic rings. The largest absolute Gasteiger partial charge is 0.490 e. The van der Waals surface area contributed by atoms with Crippen LogP contribution in [-0.4, -0.2) is 121 Å². The number of halogens is 2. The molecular weight excluding hydrogens is 1010 g/mol. The summed E-state index contributed by atoms with van der Waals surface area (Å²) < 4.78 is 12.9. The van der Waals surface area contributed by atoms with Gasteiger partial charge in [-0.1, -0.05) is 71.8 Å². The van der Waals surface area contributed by atoms with Crippen molar-refractivity contribution in [3.8, 4) is 11.5 Å². The number of hydrogen-bond acceptors (Lipinski definition) is 10. The Morgan fingerprint density at radius 1 is 0.539 bits per heavy atom. The van der Waals surface area contributed by atoms with Crippen LogP contribution < -0.4 is 19.3 Å². The van der Waals surface area contributed by atoms with Crippen molar-refractivity contribution in [3.05, 3.63) is 141 Å². The lowest BCUT2D eigenvalue weighted by Gasteiger charge is -2.41. The number of nitrogens with zero attached hydrogens (tertiary/aromatic N) is 4. The smallest absolute Gasteiger partial charge is 0.340 e. The van der Waals surface area contributed by atoms with Crippen LogP contribution in [-0.2, 0) is 54.1 Å². The number of benzene rings is 4. The van der Waals surface area contributed by atoms with Gasteiger partial charge in [0.2, 0.25) is 11.8 Å². The van der Waals surface area contributed by atoms with Crippen LogP contribution in [0.2, 0.25) is 10.0 Å². The van der Waals surface area contributed by atoms with Gasteiger partial charge in [0.15, 0.2) is 11.2 Å². The monoisotopic (exact) mass is 1080 g/mol. The molecule has 4 N–H and O–H groups in total. The maximum atomic E-state index is 12.9. The van der Waals surface area contributed by atoms with Crippen LogP contribution in [0.1, 0.15) is 110 Å². The quantitative estimate of drug-likeness (QED) is 0.140. The number of ether oxygens (including phenoxy) is 2. The second-order valence-corrected chi connectivity index (χ2v) is 22.6. The van der Waals surface area contributed by atoms with Gasteiger partial charge in [0.1, 0.15) is 11.5 Å². The fraction of sp³-hybridized carbons (Fsp3) is 0.467. The van der Waals surface area contributed by atoms with E-state index in [9.17, 15) is 39.6 Å². The first-order valence-electron chi connectivity index (χ1n) is 26.8. The SMILES string of the molecule is CN1CC/C=C/CCCN2C[C@@]3(CCCc4cc(Cl)ccc43)COc3ccc(cc32)[C@@](O)(C(=O)O)CC1=O.CN1CC/C=C/CCCN2C[C@@]3(CCCc4cc(Cl)ccc43)COc3ccc(cc32)[C@](O)(C(=O)O)CC1=O. The van der Waals surface area contributed by atoms with Crippen LogP contribution in [0.3, 0.4) is 0 Å². The fourth-order valence-electron chi connectivity index (χ4n) is 12.2. The van der Waals surface area contributed by atoms with Crippen LogP contribution in [0.4, 0.5) is 11.4 Å². The van der Waals surface area contributed by atoms with Crippen molar-refractivity contribution in [1.29, 1.82) is 0 Å². The number of anilines is 2. The lowest BCUT2D eigenvalue weighted by Crippen LogP contribution is -2.46. The van der Waals surface area contributed by atoms with Crippen molar-refractivity contribution >= 4 is 58.3 Å². The van der Waals surface area contributed by atoms with Crippen molar-refractivity contribution in [2.75, 3.05) is 76.4 Å². The maximum absolute atomic E-state index is 12.9. The summed E-state index contributed by atoms with van der Waals surface area (Å²) in [5.74, 6) is -2.42. The molecule has 0 saturated carbocycles. The number of carboxylic acid groups (broad SMARTS) is 2. The molecule has 76 heavy (non-hydrogen) atoms. The molecule has 404 valence electrons. The van der Waals surface area contributed by atoms with E-state index in [1.54, 1.807) is 50.5 Å². The summed E-state index contributed by atoms with van der Waals surface area (Å²) in [6, 6.07) is 22.3. The first-order valence-corrected chi connectivity index (χ1v) is 27.5. The molecule has 0 unspecified atom stereocenters. The summed E-state index contributed by atoms with van der Waals surface area (Å²) in [6.07, 6.45) is 18.2. The average molecular weight is 1080 g/mol. The zero-order chi connectivity index (χ0) is 53.8. The zero-order valence-corrected chi connectivity index (χ0v) is 45.1. The Hall–Kier alpha value is -6.06. The molecule has 4 aromatic rings. The van der Waals surface area contributed by atoms with E-state index in [4.69, 9.17) is 32.7 Å². The second kappa shape index (κ2) is 22.9. The summed E-state index contributed by atoms with van der Waals surface area (Å²) in [7, 11) is 3.27. The van der Waals surface area contributed by atoms with E-state index in [0.29, 0.717) is 63.7 Å². The highest BCUT2D eigenvalue weighted by Crippen LogP contribution is 2.48. The van der Waals surface area contributed by atoms with E-state index in [1.807, 2.05) is 12.1 Å². The van der Waals surface area contributed by atoms with Gasteiger partial charge in [-0.3, -0.25) is 9.59 Å². The molecule has 0 aromatic heterocycles. The van der Waals surface area contributed by atoms with Gasteiger partial charge in [0.05, 0.1) is 37.4 Å². The predicted octanol–water partition coefficient (Wildman–Crippen LogP) is 9.35. The fourth-order valence-corrected chi connectivity index (χ4v) is 12.6. The summed E-state index contributed by atoms with van der Waals surface area (Å²) in [5, 5.41) is 44.4. The lowest BCUT2D eigenvalue weighted by molar-refractivity contribution is -0.164. The number of carbonyl (C=O) groups excluding carboxylic acids is 2. The molecule has 4 aromatic carbocycles. The van der Waals surface area contributed by atoms with Crippen LogP contribution in [0.25, 0.3) is 0 Å². The minimum Gasteiger partial charge on any atom is -0.490 e. The van der Waals surface area contributed by atoms with Crippen molar-refractivity contribution in [2.45, 2.75) is 112 Å². The molecular formula is C60H70Cl2N4O10. The Labute approximate surface area is 455 Å². The maximum Gasteiger partial charge on any atom is 0.340 e. The summed E-state index contributed by atoms with van der Waals surface area (Å²) in [6.45, 7) is 4.82. The van der Waals surface area contributed by atoms with Crippen molar-refractivity contribution < 1.29 is 49.1 Å². The van der Waals surface area contributed by atoms with E-state index in [2.05, 4.69) is 58.4 Å². The zero-order valence-electron chi connectivity index (χ0n) is 43.6. The third-order valence-corrected chi connectivity index (χ3v) is 17.1. The van der Waals surface area contributed by atoms with E-state index in [-0.39, 0.29) is 22.0 Å². The number of hydrogen-bond donors (Lipinski definition) is 4. The highest BCUT2D eigenvalue weighted by Gasteiger charge is 2.47. The first-order chi connectivity index (χ1) is 36.4. The van der Waals surface area contributed by atoms with E-state index in [0.717, 1.165) is 98.7 Å².